The minimum atomic E-state index is -4.55. The molecule has 3 N–H and O–H groups in total. The maximum absolute atomic E-state index is 15.0. The number of aromatic nitrogens is 2. The molecule has 0 spiro atoms. The summed E-state index contributed by atoms with van der Waals surface area (Å²) in [6, 6.07) is 4.52. The predicted molar refractivity (Wildman–Crippen MR) is 111 cm³/mol. The molecule has 2 aromatic heterocycles. The third-order valence-electron chi connectivity index (χ3n) is 4.53. The van der Waals surface area contributed by atoms with Gasteiger partial charge in [-0.1, -0.05) is 11.6 Å². The highest BCUT2D eigenvalue weighted by molar-refractivity contribution is 7.89. The topological polar surface area (TPSA) is 104 Å². The molecule has 0 saturated carbocycles. The Morgan fingerprint density at radius 1 is 1.03 bits per heavy atom. The summed E-state index contributed by atoms with van der Waals surface area (Å²) in [7, 11) is -4.55. The number of anilines is 1. The summed E-state index contributed by atoms with van der Waals surface area (Å²) < 4.78 is 80.7. The van der Waals surface area contributed by atoms with E-state index in [0.717, 1.165) is 12.1 Å². The zero-order valence-electron chi connectivity index (χ0n) is 16.1. The van der Waals surface area contributed by atoms with Crippen molar-refractivity contribution >= 4 is 44.1 Å². The van der Waals surface area contributed by atoms with Crippen LogP contribution in [-0.4, -0.2) is 24.2 Å². The number of pyridine rings is 1. The Balaban J connectivity index is 1.67. The highest BCUT2D eigenvalue weighted by atomic mass is 35.5. The van der Waals surface area contributed by atoms with Crippen LogP contribution in [-0.2, 0) is 10.0 Å². The average Bonchev–Trinajstić information content (AvgIpc) is 3.15. The van der Waals surface area contributed by atoms with Gasteiger partial charge in [-0.05, 0) is 30.3 Å². The number of fused-ring (bicyclic) bond motifs is 1. The number of sulfonamides is 1. The molecule has 4 rings (SSSR count). The Hall–Kier alpha value is -3.48. The molecule has 0 radical (unpaired) electrons. The van der Waals surface area contributed by atoms with Crippen LogP contribution in [0.25, 0.3) is 11.0 Å². The average molecular weight is 499 g/mol. The first-order chi connectivity index (χ1) is 15.6. The number of aromatic amines is 1. The Kier molecular flexibility index (Phi) is 5.82. The first-order valence-corrected chi connectivity index (χ1v) is 10.8. The van der Waals surface area contributed by atoms with E-state index in [4.69, 9.17) is 11.6 Å². The van der Waals surface area contributed by atoms with E-state index in [-0.39, 0.29) is 21.6 Å². The van der Waals surface area contributed by atoms with Gasteiger partial charge in [-0.3, -0.25) is 4.79 Å². The van der Waals surface area contributed by atoms with Crippen LogP contribution in [0.5, 0.6) is 0 Å². The molecule has 0 saturated heterocycles. The van der Waals surface area contributed by atoms with Gasteiger partial charge in [0.1, 0.15) is 23.1 Å². The molecule has 0 bridgehead atoms. The molecule has 0 aliphatic heterocycles. The number of ketones is 1. The standard InChI is InChI=1S/C20H11ClF4N4O3S/c21-9-3-13-14(8-27-20(13)26-7-9)19(30)17-15(24)1-2-16(18(17)25)28-29-33(31,32)12-5-10(22)4-11(23)6-12/h1-8,28-29H,(H,26,27). The molecule has 7 nitrogen and oxygen atoms in total. The lowest BCUT2D eigenvalue weighted by atomic mass is 10.0. The van der Waals surface area contributed by atoms with Crippen LogP contribution in [0.4, 0.5) is 23.2 Å². The lowest BCUT2D eigenvalue weighted by Gasteiger charge is -2.13. The van der Waals surface area contributed by atoms with Gasteiger partial charge >= 0.3 is 0 Å². The number of hydrogen-bond acceptors (Lipinski definition) is 5. The van der Waals surface area contributed by atoms with Gasteiger partial charge in [0.25, 0.3) is 10.0 Å². The van der Waals surface area contributed by atoms with Crippen LogP contribution in [0.15, 0.2) is 53.7 Å². The minimum Gasteiger partial charge on any atom is -0.345 e. The van der Waals surface area contributed by atoms with E-state index in [1.54, 1.807) is 4.83 Å². The maximum Gasteiger partial charge on any atom is 0.257 e. The third kappa shape index (κ3) is 4.40. The van der Waals surface area contributed by atoms with E-state index >= 15 is 4.39 Å². The van der Waals surface area contributed by atoms with Crippen LogP contribution >= 0.6 is 11.6 Å². The molecule has 4 aromatic rings. The number of hydrogen-bond donors (Lipinski definition) is 3. The van der Waals surface area contributed by atoms with Crippen LogP contribution in [0, 0.1) is 23.3 Å². The highest BCUT2D eigenvalue weighted by Gasteiger charge is 2.25. The number of benzene rings is 2. The van der Waals surface area contributed by atoms with E-state index in [0.29, 0.717) is 18.2 Å². The van der Waals surface area contributed by atoms with E-state index in [1.165, 1.54) is 18.5 Å². The Labute approximate surface area is 188 Å². The Morgan fingerprint density at radius 2 is 1.73 bits per heavy atom. The van der Waals surface area contributed by atoms with E-state index < -0.39 is 55.2 Å². The van der Waals surface area contributed by atoms with Gasteiger partial charge in [-0.2, -0.15) is 0 Å². The van der Waals surface area contributed by atoms with Gasteiger partial charge in [0, 0.05) is 29.4 Å². The molecule has 2 aromatic carbocycles. The van der Waals surface area contributed by atoms with Crippen molar-refractivity contribution in [1.29, 1.82) is 0 Å². The number of halogens is 5. The zero-order chi connectivity index (χ0) is 23.9. The third-order valence-corrected chi connectivity index (χ3v) is 5.96. The summed E-state index contributed by atoms with van der Waals surface area (Å²) in [6.45, 7) is 0. The quantitative estimate of drug-likeness (QED) is 0.209. The normalized spacial score (nSPS) is 11.7. The van der Waals surface area contributed by atoms with Crippen molar-refractivity contribution in [3.05, 3.63) is 88.2 Å². The first-order valence-electron chi connectivity index (χ1n) is 8.96. The van der Waals surface area contributed by atoms with Gasteiger partial charge in [0.2, 0.25) is 5.78 Å². The summed E-state index contributed by atoms with van der Waals surface area (Å²) in [5.74, 6) is -5.96. The summed E-state index contributed by atoms with van der Waals surface area (Å²) in [5, 5.41) is 0.411. The lowest BCUT2D eigenvalue weighted by Crippen LogP contribution is -2.30. The van der Waals surface area contributed by atoms with Crippen molar-refractivity contribution in [1.82, 2.24) is 14.8 Å². The van der Waals surface area contributed by atoms with Crippen molar-refractivity contribution in [3.63, 3.8) is 0 Å². The maximum atomic E-state index is 15.0. The van der Waals surface area contributed by atoms with Gasteiger partial charge < -0.3 is 10.4 Å². The SMILES string of the molecule is O=C(c1c(F)ccc(NNS(=O)(=O)c2cc(F)cc(F)c2)c1F)c1c[nH]c2ncc(Cl)cc12. The molecule has 170 valence electrons. The molecule has 13 heteroatoms. The molecule has 0 unspecified atom stereocenters. The number of rotatable bonds is 6. The smallest absolute Gasteiger partial charge is 0.257 e. The number of nitrogens with one attached hydrogen (secondary N) is 3. The number of nitrogens with zero attached hydrogens (tertiary/aromatic N) is 1. The molecular formula is C20H11ClF4N4O3S. The molecule has 33 heavy (non-hydrogen) atoms. The summed E-state index contributed by atoms with van der Waals surface area (Å²) in [6.07, 6.45) is 2.52. The molecular weight excluding hydrogens is 488 g/mol. The Bertz CT molecular complexity index is 1510. The summed E-state index contributed by atoms with van der Waals surface area (Å²) >= 11 is 5.88. The van der Waals surface area contributed by atoms with Crippen LogP contribution in [0.1, 0.15) is 15.9 Å². The minimum absolute atomic E-state index is 0.120. The molecule has 0 aliphatic rings. The van der Waals surface area contributed by atoms with Crippen molar-refractivity contribution < 1.29 is 30.8 Å². The molecule has 0 atom stereocenters. The van der Waals surface area contributed by atoms with Crippen molar-refractivity contribution in [2.24, 2.45) is 0 Å². The monoisotopic (exact) mass is 498 g/mol. The summed E-state index contributed by atoms with van der Waals surface area (Å²) in [5.41, 5.74) is 0.535. The fraction of sp³-hybridized carbons (Fsp3) is 0. The van der Waals surface area contributed by atoms with Crippen molar-refractivity contribution in [3.8, 4) is 0 Å². The molecule has 0 fully saturated rings. The first kappa shape index (κ1) is 22.7. The van der Waals surface area contributed by atoms with Crippen molar-refractivity contribution in [2.45, 2.75) is 4.90 Å². The fourth-order valence-corrected chi connectivity index (χ4v) is 4.08. The molecule has 0 aliphatic carbocycles. The zero-order valence-corrected chi connectivity index (χ0v) is 17.7. The second-order valence-electron chi connectivity index (χ2n) is 6.70. The van der Waals surface area contributed by atoms with Gasteiger partial charge in [0.05, 0.1) is 21.2 Å². The predicted octanol–water partition coefficient (Wildman–Crippen LogP) is 4.31. The lowest BCUT2D eigenvalue weighted by molar-refractivity contribution is 0.103. The van der Waals surface area contributed by atoms with E-state index in [9.17, 15) is 26.4 Å². The largest absolute Gasteiger partial charge is 0.345 e. The van der Waals surface area contributed by atoms with E-state index in [1.807, 2.05) is 5.43 Å². The Morgan fingerprint density at radius 3 is 2.42 bits per heavy atom. The fourth-order valence-electron chi connectivity index (χ4n) is 3.02. The number of hydrazine groups is 1. The van der Waals surface area contributed by atoms with Crippen LogP contribution in [0.2, 0.25) is 5.02 Å². The van der Waals surface area contributed by atoms with Gasteiger partial charge in [0.15, 0.2) is 5.82 Å². The number of carbonyl (C=O) groups excluding carboxylic acids is 1. The second-order valence-corrected chi connectivity index (χ2v) is 8.82. The van der Waals surface area contributed by atoms with E-state index in [2.05, 4.69) is 9.97 Å². The second kappa shape index (κ2) is 8.46. The van der Waals surface area contributed by atoms with Gasteiger partial charge in [-0.25, -0.2) is 31.0 Å². The van der Waals surface area contributed by atoms with Gasteiger partial charge in [-0.15, -0.1) is 4.83 Å². The molecule has 0 amide bonds. The van der Waals surface area contributed by atoms with Crippen LogP contribution in [0.3, 0.4) is 0 Å². The highest BCUT2D eigenvalue weighted by Crippen LogP contribution is 2.28. The number of carbonyl (C=O) groups is 1. The van der Waals surface area contributed by atoms with Crippen LogP contribution < -0.4 is 10.3 Å². The molecule has 2 heterocycles. The van der Waals surface area contributed by atoms with Crippen molar-refractivity contribution in [2.75, 3.05) is 5.43 Å². The summed E-state index contributed by atoms with van der Waals surface area (Å²) in [4.78, 5) is 20.5. The number of H-pyrrole nitrogens is 1.